The Morgan fingerprint density at radius 1 is 1.00 bits per heavy atom. The van der Waals surface area contributed by atoms with Crippen LogP contribution in [0.25, 0.3) is 0 Å². The van der Waals surface area contributed by atoms with Crippen molar-refractivity contribution in [1.82, 2.24) is 4.90 Å². The molecule has 0 saturated heterocycles. The monoisotopic (exact) mass is 353 g/mol. The van der Waals surface area contributed by atoms with Crippen molar-refractivity contribution in [3.8, 4) is 0 Å². The van der Waals surface area contributed by atoms with Crippen molar-refractivity contribution < 1.29 is 9.59 Å². The SMILES string of the molecule is CC(C)c1ccc(CN(C)[C@@H](C)C(=O)Nc2ccc(C(N)=O)cc2)cc1. The van der Waals surface area contributed by atoms with Gasteiger partial charge in [-0.1, -0.05) is 38.1 Å². The third kappa shape index (κ3) is 5.17. The van der Waals surface area contributed by atoms with Gasteiger partial charge in [0.2, 0.25) is 11.8 Å². The van der Waals surface area contributed by atoms with Crippen molar-refractivity contribution in [2.75, 3.05) is 12.4 Å². The summed E-state index contributed by atoms with van der Waals surface area (Å²) in [5.41, 5.74) is 8.75. The molecule has 2 aromatic rings. The van der Waals surface area contributed by atoms with Crippen LogP contribution in [-0.4, -0.2) is 29.8 Å². The Bertz CT molecular complexity index is 752. The maximum atomic E-state index is 12.5. The smallest absolute Gasteiger partial charge is 0.248 e. The molecule has 0 fully saturated rings. The van der Waals surface area contributed by atoms with Crippen LogP contribution in [0.2, 0.25) is 0 Å². The van der Waals surface area contributed by atoms with Crippen LogP contribution in [0.1, 0.15) is 48.2 Å². The van der Waals surface area contributed by atoms with Gasteiger partial charge in [0.25, 0.3) is 0 Å². The van der Waals surface area contributed by atoms with Gasteiger partial charge in [0.15, 0.2) is 0 Å². The largest absolute Gasteiger partial charge is 0.366 e. The number of carbonyl (C=O) groups excluding carboxylic acids is 2. The first-order valence-electron chi connectivity index (χ1n) is 8.77. The summed E-state index contributed by atoms with van der Waals surface area (Å²) in [7, 11) is 1.93. The zero-order valence-corrected chi connectivity index (χ0v) is 15.8. The van der Waals surface area contributed by atoms with E-state index < -0.39 is 5.91 Å². The summed E-state index contributed by atoms with van der Waals surface area (Å²) in [6.07, 6.45) is 0. The standard InChI is InChI=1S/C21H27N3O2/c1-14(2)17-7-5-16(6-8-17)13-24(4)15(3)21(26)23-19-11-9-18(10-12-19)20(22)25/h5-12,14-15H,13H2,1-4H3,(H2,22,25)(H,23,26)/t15-/m0/s1. The van der Waals surface area contributed by atoms with Gasteiger partial charge < -0.3 is 11.1 Å². The number of primary amides is 1. The highest BCUT2D eigenvalue weighted by atomic mass is 16.2. The van der Waals surface area contributed by atoms with Gasteiger partial charge in [0.05, 0.1) is 6.04 Å². The number of rotatable bonds is 7. The number of benzene rings is 2. The average Bonchev–Trinajstić information content (AvgIpc) is 2.61. The number of nitrogens with zero attached hydrogens (tertiary/aromatic N) is 1. The molecular formula is C21H27N3O2. The molecule has 5 heteroatoms. The molecule has 0 heterocycles. The fourth-order valence-electron chi connectivity index (χ4n) is 2.60. The number of hydrogen-bond acceptors (Lipinski definition) is 3. The molecular weight excluding hydrogens is 326 g/mol. The van der Waals surface area contributed by atoms with Crippen LogP contribution in [0.5, 0.6) is 0 Å². The second-order valence-electron chi connectivity index (χ2n) is 6.92. The first kappa shape index (κ1) is 19.7. The van der Waals surface area contributed by atoms with E-state index in [-0.39, 0.29) is 11.9 Å². The Morgan fingerprint density at radius 2 is 1.58 bits per heavy atom. The molecule has 26 heavy (non-hydrogen) atoms. The van der Waals surface area contributed by atoms with Crippen molar-refractivity contribution in [2.24, 2.45) is 5.73 Å². The number of anilines is 1. The summed E-state index contributed by atoms with van der Waals surface area (Å²) >= 11 is 0. The third-order valence-corrected chi connectivity index (χ3v) is 4.56. The third-order valence-electron chi connectivity index (χ3n) is 4.56. The van der Waals surface area contributed by atoms with Crippen LogP contribution < -0.4 is 11.1 Å². The van der Waals surface area contributed by atoms with Gasteiger partial charge in [0.1, 0.15) is 0 Å². The number of nitrogens with one attached hydrogen (secondary N) is 1. The van der Waals surface area contributed by atoms with Crippen LogP contribution in [0.3, 0.4) is 0 Å². The van der Waals surface area contributed by atoms with Crippen molar-refractivity contribution in [3.05, 3.63) is 65.2 Å². The Morgan fingerprint density at radius 3 is 2.08 bits per heavy atom. The predicted octanol–water partition coefficient (Wildman–Crippen LogP) is 3.37. The number of carbonyl (C=O) groups is 2. The lowest BCUT2D eigenvalue weighted by atomic mass is 10.0. The summed E-state index contributed by atoms with van der Waals surface area (Å²) in [6.45, 7) is 6.90. The highest BCUT2D eigenvalue weighted by Crippen LogP contribution is 2.16. The molecule has 0 saturated carbocycles. The first-order valence-corrected chi connectivity index (χ1v) is 8.77. The minimum Gasteiger partial charge on any atom is -0.366 e. The Labute approximate surface area is 155 Å². The van der Waals surface area contributed by atoms with Gasteiger partial charge in [-0.3, -0.25) is 14.5 Å². The fraction of sp³-hybridized carbons (Fsp3) is 0.333. The molecule has 1 atom stereocenters. The molecule has 0 aromatic heterocycles. The van der Waals surface area contributed by atoms with E-state index >= 15 is 0 Å². The van der Waals surface area contributed by atoms with E-state index in [1.54, 1.807) is 24.3 Å². The van der Waals surface area contributed by atoms with E-state index in [4.69, 9.17) is 5.73 Å². The Hall–Kier alpha value is -2.66. The molecule has 2 amide bonds. The van der Waals surface area contributed by atoms with E-state index in [1.807, 2.05) is 18.9 Å². The van der Waals surface area contributed by atoms with E-state index in [2.05, 4.69) is 43.4 Å². The minimum atomic E-state index is -0.487. The molecule has 2 aromatic carbocycles. The van der Waals surface area contributed by atoms with E-state index in [0.29, 0.717) is 23.7 Å². The molecule has 3 N–H and O–H groups in total. The molecule has 0 spiro atoms. The summed E-state index contributed by atoms with van der Waals surface area (Å²) in [5, 5.41) is 2.87. The normalized spacial score (nSPS) is 12.2. The number of amides is 2. The van der Waals surface area contributed by atoms with Crippen molar-refractivity contribution in [2.45, 2.75) is 39.3 Å². The lowest BCUT2D eigenvalue weighted by molar-refractivity contribution is -0.120. The molecule has 0 aliphatic rings. The number of hydrogen-bond donors (Lipinski definition) is 2. The number of likely N-dealkylation sites (N-methyl/N-ethyl adjacent to an activating group) is 1. The molecule has 0 aliphatic heterocycles. The molecule has 0 unspecified atom stereocenters. The van der Waals surface area contributed by atoms with Gasteiger partial charge in [-0.25, -0.2) is 0 Å². The Balaban J connectivity index is 1.94. The van der Waals surface area contributed by atoms with Crippen molar-refractivity contribution >= 4 is 17.5 Å². The summed E-state index contributed by atoms with van der Waals surface area (Å²) in [6, 6.07) is 14.8. The van der Waals surface area contributed by atoms with Gasteiger partial charge in [-0.05, 0) is 55.3 Å². The molecule has 5 nitrogen and oxygen atoms in total. The van der Waals surface area contributed by atoms with E-state index in [0.717, 1.165) is 0 Å². The molecule has 0 bridgehead atoms. The molecule has 0 aliphatic carbocycles. The van der Waals surface area contributed by atoms with Crippen LogP contribution in [0.15, 0.2) is 48.5 Å². The summed E-state index contributed by atoms with van der Waals surface area (Å²) < 4.78 is 0. The molecule has 138 valence electrons. The van der Waals surface area contributed by atoms with Gasteiger partial charge in [-0.15, -0.1) is 0 Å². The molecule has 2 rings (SSSR count). The van der Waals surface area contributed by atoms with Crippen LogP contribution >= 0.6 is 0 Å². The van der Waals surface area contributed by atoms with Crippen molar-refractivity contribution in [3.63, 3.8) is 0 Å². The second-order valence-corrected chi connectivity index (χ2v) is 6.92. The first-order chi connectivity index (χ1) is 12.3. The topological polar surface area (TPSA) is 75.4 Å². The number of nitrogens with two attached hydrogens (primary N) is 1. The zero-order chi connectivity index (χ0) is 19.3. The lowest BCUT2D eigenvalue weighted by Crippen LogP contribution is -2.39. The zero-order valence-electron chi connectivity index (χ0n) is 15.8. The molecule has 0 radical (unpaired) electrons. The van der Waals surface area contributed by atoms with E-state index in [9.17, 15) is 9.59 Å². The van der Waals surface area contributed by atoms with Crippen LogP contribution in [0.4, 0.5) is 5.69 Å². The maximum Gasteiger partial charge on any atom is 0.248 e. The highest BCUT2D eigenvalue weighted by Gasteiger charge is 2.18. The average molecular weight is 353 g/mol. The van der Waals surface area contributed by atoms with E-state index in [1.165, 1.54) is 11.1 Å². The summed E-state index contributed by atoms with van der Waals surface area (Å²) in [4.78, 5) is 25.6. The van der Waals surface area contributed by atoms with Gasteiger partial charge in [-0.2, -0.15) is 0 Å². The highest BCUT2D eigenvalue weighted by molar-refractivity contribution is 5.96. The quantitative estimate of drug-likeness (QED) is 0.801. The van der Waals surface area contributed by atoms with Gasteiger partial charge in [0, 0.05) is 17.8 Å². The fourth-order valence-corrected chi connectivity index (χ4v) is 2.60. The summed E-state index contributed by atoms with van der Waals surface area (Å²) in [5.74, 6) is -0.0787. The van der Waals surface area contributed by atoms with Crippen LogP contribution in [-0.2, 0) is 11.3 Å². The van der Waals surface area contributed by atoms with Crippen LogP contribution in [0, 0.1) is 0 Å². The van der Waals surface area contributed by atoms with Gasteiger partial charge >= 0.3 is 0 Å². The van der Waals surface area contributed by atoms with Crippen molar-refractivity contribution in [1.29, 1.82) is 0 Å². The Kier molecular flexibility index (Phi) is 6.52. The lowest BCUT2D eigenvalue weighted by Gasteiger charge is -2.24. The minimum absolute atomic E-state index is 0.0990. The second kappa shape index (κ2) is 8.63. The predicted molar refractivity (Wildman–Crippen MR) is 105 cm³/mol. The maximum absolute atomic E-state index is 12.5.